The topological polar surface area (TPSA) is 66.9 Å². The monoisotopic (exact) mass is 360 g/mol. The molecule has 0 saturated heterocycles. The van der Waals surface area contributed by atoms with Gasteiger partial charge in [0.05, 0.1) is 5.69 Å². The lowest BCUT2D eigenvalue weighted by Crippen LogP contribution is -2.24. The largest absolute Gasteiger partial charge is 0.352 e. The number of rotatable bonds is 8. The van der Waals surface area contributed by atoms with E-state index in [4.69, 9.17) is 0 Å². The Morgan fingerprint density at radius 2 is 1.78 bits per heavy atom. The van der Waals surface area contributed by atoms with Crippen molar-refractivity contribution in [2.45, 2.75) is 26.2 Å². The number of nitrogens with zero attached hydrogens (tertiary/aromatic N) is 2. The summed E-state index contributed by atoms with van der Waals surface area (Å²) in [5.41, 5.74) is 3.28. The third-order valence-electron chi connectivity index (χ3n) is 4.20. The van der Waals surface area contributed by atoms with E-state index in [0.29, 0.717) is 17.9 Å². The molecule has 0 aliphatic carbocycles. The van der Waals surface area contributed by atoms with Gasteiger partial charge in [-0.2, -0.15) is 0 Å². The summed E-state index contributed by atoms with van der Waals surface area (Å²) in [5, 5.41) is 14.7. The first-order valence-corrected chi connectivity index (χ1v) is 9.30. The molecule has 0 aliphatic rings. The Morgan fingerprint density at radius 3 is 2.52 bits per heavy atom. The minimum Gasteiger partial charge on any atom is -0.352 e. The molecule has 1 aromatic heterocycles. The zero-order valence-corrected chi connectivity index (χ0v) is 15.5. The summed E-state index contributed by atoms with van der Waals surface area (Å²) >= 11 is 0. The molecular formula is C22H24N4O. The second kappa shape index (κ2) is 9.48. The Kier molecular flexibility index (Phi) is 6.52. The summed E-state index contributed by atoms with van der Waals surface area (Å²) in [5.74, 6) is 0.579. The minimum atomic E-state index is -0.0553. The van der Waals surface area contributed by atoms with Gasteiger partial charge >= 0.3 is 0 Å². The molecular weight excluding hydrogens is 336 g/mol. The highest BCUT2D eigenvalue weighted by atomic mass is 16.1. The van der Waals surface area contributed by atoms with E-state index in [9.17, 15) is 4.79 Å². The van der Waals surface area contributed by atoms with Crippen LogP contribution >= 0.6 is 0 Å². The number of nitrogens with one attached hydrogen (secondary N) is 2. The Balaban J connectivity index is 1.63. The molecule has 1 amide bonds. The third-order valence-corrected chi connectivity index (χ3v) is 4.20. The molecule has 138 valence electrons. The molecule has 0 aliphatic heterocycles. The maximum absolute atomic E-state index is 12.2. The first kappa shape index (κ1) is 18.6. The number of benzene rings is 2. The quantitative estimate of drug-likeness (QED) is 0.566. The molecule has 0 saturated carbocycles. The van der Waals surface area contributed by atoms with Crippen LogP contribution in [0.5, 0.6) is 0 Å². The van der Waals surface area contributed by atoms with Crippen LogP contribution in [0.25, 0.3) is 11.3 Å². The van der Waals surface area contributed by atoms with Gasteiger partial charge in [-0.25, -0.2) is 0 Å². The molecule has 2 N–H and O–H groups in total. The van der Waals surface area contributed by atoms with E-state index >= 15 is 0 Å². The molecule has 0 spiro atoms. The molecule has 3 rings (SSSR count). The lowest BCUT2D eigenvalue weighted by molar-refractivity contribution is 0.0953. The minimum absolute atomic E-state index is 0.0553. The van der Waals surface area contributed by atoms with Crippen LogP contribution < -0.4 is 10.6 Å². The highest BCUT2D eigenvalue weighted by Crippen LogP contribution is 2.19. The molecule has 27 heavy (non-hydrogen) atoms. The fourth-order valence-electron chi connectivity index (χ4n) is 2.73. The van der Waals surface area contributed by atoms with Crippen LogP contribution in [-0.2, 0) is 0 Å². The number of anilines is 2. The Hall–Kier alpha value is -3.21. The van der Waals surface area contributed by atoms with Gasteiger partial charge in [0, 0.05) is 23.4 Å². The van der Waals surface area contributed by atoms with Crippen molar-refractivity contribution in [1.29, 1.82) is 0 Å². The van der Waals surface area contributed by atoms with E-state index in [-0.39, 0.29) is 5.91 Å². The molecule has 2 aromatic carbocycles. The molecule has 0 bridgehead atoms. The highest BCUT2D eigenvalue weighted by molar-refractivity contribution is 5.95. The Bertz CT molecular complexity index is 863. The Morgan fingerprint density at radius 1 is 0.926 bits per heavy atom. The van der Waals surface area contributed by atoms with Crippen molar-refractivity contribution >= 4 is 17.4 Å². The maximum Gasteiger partial charge on any atom is 0.251 e. The SMILES string of the molecule is CCCCCNC(=O)c1cccc(Nc2ccc(-c3ccccc3)nn2)c1. The van der Waals surface area contributed by atoms with Crippen molar-refractivity contribution in [2.24, 2.45) is 0 Å². The summed E-state index contributed by atoms with van der Waals surface area (Å²) in [6, 6.07) is 21.1. The van der Waals surface area contributed by atoms with Gasteiger partial charge in [0.25, 0.3) is 5.91 Å². The molecule has 1 heterocycles. The zero-order valence-electron chi connectivity index (χ0n) is 15.5. The molecule has 3 aromatic rings. The van der Waals surface area contributed by atoms with Crippen molar-refractivity contribution in [3.05, 3.63) is 72.3 Å². The standard InChI is InChI=1S/C22H24N4O/c1-2-3-7-15-23-22(27)18-11-8-12-19(16-18)24-21-14-13-20(25-26-21)17-9-5-4-6-10-17/h4-6,8-14,16H,2-3,7,15H2,1H3,(H,23,27)(H,24,26). The van der Waals surface area contributed by atoms with Gasteiger partial charge in [-0.1, -0.05) is 56.2 Å². The Labute approximate surface area is 159 Å². The van der Waals surface area contributed by atoms with Crippen molar-refractivity contribution in [3.63, 3.8) is 0 Å². The first-order valence-electron chi connectivity index (χ1n) is 9.30. The van der Waals surface area contributed by atoms with E-state index in [0.717, 1.165) is 36.2 Å². The average molecular weight is 360 g/mol. The van der Waals surface area contributed by atoms with Crippen LogP contribution in [0.2, 0.25) is 0 Å². The van der Waals surface area contributed by atoms with Crippen molar-refractivity contribution in [2.75, 3.05) is 11.9 Å². The summed E-state index contributed by atoms with van der Waals surface area (Å²) in [6.45, 7) is 2.85. The normalized spacial score (nSPS) is 10.4. The zero-order chi connectivity index (χ0) is 18.9. The smallest absolute Gasteiger partial charge is 0.251 e. The summed E-state index contributed by atoms with van der Waals surface area (Å²) in [7, 11) is 0. The lowest BCUT2D eigenvalue weighted by Gasteiger charge is -2.09. The third kappa shape index (κ3) is 5.38. The summed E-state index contributed by atoms with van der Waals surface area (Å²) in [4.78, 5) is 12.2. The molecule has 0 radical (unpaired) electrons. The van der Waals surface area contributed by atoms with Crippen LogP contribution in [0.1, 0.15) is 36.5 Å². The van der Waals surface area contributed by atoms with Gasteiger partial charge in [-0.15, -0.1) is 10.2 Å². The molecule has 5 nitrogen and oxygen atoms in total. The van der Waals surface area contributed by atoms with Crippen LogP contribution in [0, 0.1) is 0 Å². The number of aromatic nitrogens is 2. The number of hydrogen-bond acceptors (Lipinski definition) is 4. The molecule has 0 atom stereocenters. The van der Waals surface area contributed by atoms with E-state index < -0.39 is 0 Å². The number of unbranched alkanes of at least 4 members (excludes halogenated alkanes) is 2. The van der Waals surface area contributed by atoms with Crippen molar-refractivity contribution < 1.29 is 4.79 Å². The van der Waals surface area contributed by atoms with Crippen molar-refractivity contribution in [3.8, 4) is 11.3 Å². The van der Waals surface area contributed by atoms with Gasteiger partial charge in [-0.05, 0) is 36.8 Å². The van der Waals surface area contributed by atoms with E-state index in [1.54, 1.807) is 0 Å². The van der Waals surface area contributed by atoms with Crippen molar-refractivity contribution in [1.82, 2.24) is 15.5 Å². The van der Waals surface area contributed by atoms with Crippen LogP contribution in [0.3, 0.4) is 0 Å². The summed E-state index contributed by atoms with van der Waals surface area (Å²) in [6.07, 6.45) is 3.27. The van der Waals surface area contributed by atoms with Gasteiger partial charge < -0.3 is 10.6 Å². The number of carbonyl (C=O) groups is 1. The van der Waals surface area contributed by atoms with Crippen LogP contribution in [0.15, 0.2) is 66.7 Å². The second-order valence-corrected chi connectivity index (χ2v) is 6.34. The van der Waals surface area contributed by atoms with Gasteiger partial charge in [-0.3, -0.25) is 4.79 Å². The van der Waals surface area contributed by atoms with Gasteiger partial charge in [0.1, 0.15) is 0 Å². The number of hydrogen-bond donors (Lipinski definition) is 2. The molecule has 0 unspecified atom stereocenters. The lowest BCUT2D eigenvalue weighted by atomic mass is 10.1. The predicted octanol–water partition coefficient (Wildman–Crippen LogP) is 4.81. The fraction of sp³-hybridized carbons (Fsp3) is 0.227. The van der Waals surface area contributed by atoms with E-state index in [1.165, 1.54) is 0 Å². The van der Waals surface area contributed by atoms with Crippen LogP contribution in [0.4, 0.5) is 11.5 Å². The summed E-state index contributed by atoms with van der Waals surface area (Å²) < 4.78 is 0. The molecule has 5 heteroatoms. The maximum atomic E-state index is 12.2. The van der Waals surface area contributed by atoms with Crippen LogP contribution in [-0.4, -0.2) is 22.6 Å². The average Bonchev–Trinajstić information content (AvgIpc) is 2.72. The van der Waals surface area contributed by atoms with Gasteiger partial charge in [0.15, 0.2) is 5.82 Å². The van der Waals surface area contributed by atoms with Gasteiger partial charge in [0.2, 0.25) is 0 Å². The first-order chi connectivity index (χ1) is 13.3. The van der Waals surface area contributed by atoms with E-state index in [2.05, 4.69) is 27.8 Å². The predicted molar refractivity (Wildman–Crippen MR) is 109 cm³/mol. The second-order valence-electron chi connectivity index (χ2n) is 6.34. The van der Waals surface area contributed by atoms with E-state index in [1.807, 2.05) is 66.7 Å². The molecule has 0 fully saturated rings. The number of amides is 1. The highest BCUT2D eigenvalue weighted by Gasteiger charge is 2.06. The number of carbonyl (C=O) groups excluding carboxylic acids is 1. The fourth-order valence-corrected chi connectivity index (χ4v) is 2.73.